The molecule has 17 heavy (non-hydrogen) atoms. The van der Waals surface area contributed by atoms with Crippen molar-refractivity contribution in [3.63, 3.8) is 0 Å². The lowest BCUT2D eigenvalue weighted by molar-refractivity contribution is 0.0153. The third-order valence-corrected chi connectivity index (χ3v) is 4.28. The first-order chi connectivity index (χ1) is 7.93. The molecule has 0 aliphatic heterocycles. The van der Waals surface area contributed by atoms with E-state index < -0.39 is 0 Å². The third kappa shape index (κ3) is 3.69. The lowest BCUT2D eigenvalue weighted by Gasteiger charge is -2.50. The minimum absolute atomic E-state index is 0.274. The molecule has 0 bridgehead atoms. The smallest absolute Gasteiger partial charge is 0.0336 e. The first-order valence-electron chi connectivity index (χ1n) is 7.38. The molecule has 0 aromatic rings. The zero-order valence-electron chi connectivity index (χ0n) is 12.5. The molecule has 1 aliphatic rings. The van der Waals surface area contributed by atoms with Gasteiger partial charge in [0.15, 0.2) is 0 Å². The van der Waals surface area contributed by atoms with E-state index in [-0.39, 0.29) is 5.54 Å². The molecule has 2 heteroatoms. The topological polar surface area (TPSA) is 29.3 Å². The number of hydrogen-bond acceptors (Lipinski definition) is 2. The van der Waals surface area contributed by atoms with E-state index in [1.165, 1.54) is 25.8 Å². The Labute approximate surface area is 108 Å². The van der Waals surface area contributed by atoms with Crippen molar-refractivity contribution >= 4 is 0 Å². The Hall–Kier alpha value is -0.0800. The summed E-state index contributed by atoms with van der Waals surface area (Å²) in [6, 6.07) is 0. The summed E-state index contributed by atoms with van der Waals surface area (Å²) in [4.78, 5) is 2.66. The van der Waals surface area contributed by atoms with E-state index in [1.807, 2.05) is 0 Å². The van der Waals surface area contributed by atoms with Crippen LogP contribution in [-0.4, -0.2) is 30.1 Å². The average Bonchev–Trinajstić information content (AvgIpc) is 2.24. The fraction of sp³-hybridized carbons (Fsp3) is 1.00. The standard InChI is InChI=1S/C15H32N2/c1-6-17(10-12(2)3)15(11-16)8-13(4)7-14(5)9-15/h12-14H,6-11,16H2,1-5H3. The van der Waals surface area contributed by atoms with Crippen LogP contribution >= 0.6 is 0 Å². The Morgan fingerprint density at radius 1 is 1.24 bits per heavy atom. The molecule has 2 atom stereocenters. The third-order valence-electron chi connectivity index (χ3n) is 4.28. The summed E-state index contributed by atoms with van der Waals surface area (Å²) in [6.07, 6.45) is 3.95. The molecular weight excluding hydrogens is 208 g/mol. The Balaban J connectivity index is 2.83. The summed E-state index contributed by atoms with van der Waals surface area (Å²) in [6.45, 7) is 14.8. The molecule has 0 aromatic heterocycles. The van der Waals surface area contributed by atoms with E-state index in [1.54, 1.807) is 0 Å². The van der Waals surface area contributed by atoms with Crippen LogP contribution in [-0.2, 0) is 0 Å². The molecule has 2 nitrogen and oxygen atoms in total. The van der Waals surface area contributed by atoms with Crippen LogP contribution in [0, 0.1) is 17.8 Å². The van der Waals surface area contributed by atoms with Gasteiger partial charge in [-0.1, -0.05) is 34.6 Å². The molecule has 0 aromatic carbocycles. The number of likely N-dealkylation sites (N-methyl/N-ethyl adjacent to an activating group) is 1. The summed E-state index contributed by atoms with van der Waals surface area (Å²) >= 11 is 0. The van der Waals surface area contributed by atoms with Gasteiger partial charge in [0, 0.05) is 18.6 Å². The Kier molecular flexibility index (Phi) is 5.46. The lowest BCUT2D eigenvalue weighted by Crippen LogP contribution is -2.58. The average molecular weight is 240 g/mol. The second kappa shape index (κ2) is 6.19. The highest BCUT2D eigenvalue weighted by atomic mass is 15.2. The largest absolute Gasteiger partial charge is 0.329 e. The predicted octanol–water partition coefficient (Wildman–Crippen LogP) is 3.12. The lowest BCUT2D eigenvalue weighted by atomic mass is 9.70. The van der Waals surface area contributed by atoms with Gasteiger partial charge in [-0.15, -0.1) is 0 Å². The number of nitrogens with zero attached hydrogens (tertiary/aromatic N) is 1. The summed E-state index contributed by atoms with van der Waals surface area (Å²) < 4.78 is 0. The van der Waals surface area contributed by atoms with E-state index in [0.29, 0.717) is 0 Å². The van der Waals surface area contributed by atoms with Crippen molar-refractivity contribution in [2.75, 3.05) is 19.6 Å². The molecule has 0 amide bonds. The second-order valence-electron chi connectivity index (χ2n) is 6.72. The van der Waals surface area contributed by atoms with Gasteiger partial charge in [0.25, 0.3) is 0 Å². The Bertz CT molecular complexity index is 215. The summed E-state index contributed by atoms with van der Waals surface area (Å²) in [7, 11) is 0. The van der Waals surface area contributed by atoms with Crippen molar-refractivity contribution in [1.82, 2.24) is 4.90 Å². The number of rotatable bonds is 5. The fourth-order valence-corrected chi connectivity index (χ4v) is 3.89. The Morgan fingerprint density at radius 3 is 2.12 bits per heavy atom. The van der Waals surface area contributed by atoms with Gasteiger partial charge in [-0.2, -0.15) is 0 Å². The van der Waals surface area contributed by atoms with Crippen molar-refractivity contribution in [3.05, 3.63) is 0 Å². The quantitative estimate of drug-likeness (QED) is 0.800. The Morgan fingerprint density at radius 2 is 1.76 bits per heavy atom. The molecule has 0 radical (unpaired) electrons. The highest BCUT2D eigenvalue weighted by molar-refractivity contribution is 4.97. The molecule has 1 saturated carbocycles. The van der Waals surface area contributed by atoms with Gasteiger partial charge in [0.1, 0.15) is 0 Å². The van der Waals surface area contributed by atoms with Crippen LogP contribution in [0.4, 0.5) is 0 Å². The first kappa shape index (κ1) is 15.0. The summed E-state index contributed by atoms with van der Waals surface area (Å²) in [5.41, 5.74) is 6.45. The fourth-order valence-electron chi connectivity index (χ4n) is 3.89. The maximum Gasteiger partial charge on any atom is 0.0336 e. The van der Waals surface area contributed by atoms with Gasteiger partial charge in [-0.3, -0.25) is 4.90 Å². The monoisotopic (exact) mass is 240 g/mol. The molecule has 0 saturated heterocycles. The van der Waals surface area contributed by atoms with E-state index in [0.717, 1.165) is 30.8 Å². The predicted molar refractivity (Wildman–Crippen MR) is 76.0 cm³/mol. The van der Waals surface area contributed by atoms with Crippen LogP contribution < -0.4 is 5.73 Å². The van der Waals surface area contributed by atoms with Crippen LogP contribution in [0.25, 0.3) is 0 Å². The molecule has 0 spiro atoms. The highest BCUT2D eigenvalue weighted by Crippen LogP contribution is 2.39. The normalized spacial score (nSPS) is 34.6. The van der Waals surface area contributed by atoms with Gasteiger partial charge in [0.05, 0.1) is 0 Å². The SMILES string of the molecule is CCN(CC(C)C)C1(CN)CC(C)CC(C)C1. The van der Waals surface area contributed by atoms with E-state index in [9.17, 15) is 0 Å². The molecule has 2 unspecified atom stereocenters. The van der Waals surface area contributed by atoms with Crippen molar-refractivity contribution < 1.29 is 0 Å². The van der Waals surface area contributed by atoms with Crippen LogP contribution in [0.15, 0.2) is 0 Å². The van der Waals surface area contributed by atoms with Crippen LogP contribution in [0.1, 0.15) is 53.9 Å². The molecule has 1 fully saturated rings. The van der Waals surface area contributed by atoms with Crippen molar-refractivity contribution in [2.45, 2.75) is 59.4 Å². The molecule has 1 aliphatic carbocycles. The molecule has 102 valence electrons. The van der Waals surface area contributed by atoms with E-state index in [2.05, 4.69) is 39.5 Å². The van der Waals surface area contributed by atoms with Crippen molar-refractivity contribution in [1.29, 1.82) is 0 Å². The van der Waals surface area contributed by atoms with Gasteiger partial charge in [0.2, 0.25) is 0 Å². The number of hydrogen-bond donors (Lipinski definition) is 1. The first-order valence-corrected chi connectivity index (χ1v) is 7.38. The maximum atomic E-state index is 6.17. The van der Waals surface area contributed by atoms with Crippen molar-refractivity contribution in [2.24, 2.45) is 23.5 Å². The zero-order chi connectivity index (χ0) is 13.1. The minimum atomic E-state index is 0.274. The highest BCUT2D eigenvalue weighted by Gasteiger charge is 2.40. The minimum Gasteiger partial charge on any atom is -0.329 e. The van der Waals surface area contributed by atoms with E-state index in [4.69, 9.17) is 5.73 Å². The molecule has 1 rings (SSSR count). The molecular formula is C15H32N2. The second-order valence-corrected chi connectivity index (χ2v) is 6.72. The van der Waals surface area contributed by atoms with Crippen LogP contribution in [0.5, 0.6) is 0 Å². The maximum absolute atomic E-state index is 6.17. The summed E-state index contributed by atoms with van der Waals surface area (Å²) in [5.74, 6) is 2.37. The molecule has 2 N–H and O–H groups in total. The molecule has 0 heterocycles. The summed E-state index contributed by atoms with van der Waals surface area (Å²) in [5, 5.41) is 0. The van der Waals surface area contributed by atoms with Gasteiger partial charge in [-0.25, -0.2) is 0 Å². The van der Waals surface area contributed by atoms with Gasteiger partial charge in [-0.05, 0) is 43.6 Å². The van der Waals surface area contributed by atoms with Crippen molar-refractivity contribution in [3.8, 4) is 0 Å². The van der Waals surface area contributed by atoms with Gasteiger partial charge >= 0.3 is 0 Å². The van der Waals surface area contributed by atoms with Crippen LogP contribution in [0.2, 0.25) is 0 Å². The van der Waals surface area contributed by atoms with E-state index >= 15 is 0 Å². The van der Waals surface area contributed by atoms with Gasteiger partial charge < -0.3 is 5.73 Å². The zero-order valence-corrected chi connectivity index (χ0v) is 12.5. The number of nitrogens with two attached hydrogens (primary N) is 1. The van der Waals surface area contributed by atoms with Crippen LogP contribution in [0.3, 0.4) is 0 Å².